The van der Waals surface area contributed by atoms with Gasteiger partial charge in [0.15, 0.2) is 0 Å². The fraction of sp³-hybridized carbons (Fsp3) is 0. The lowest BCUT2D eigenvalue weighted by Crippen LogP contribution is -2.01. The van der Waals surface area contributed by atoms with Crippen molar-refractivity contribution in [1.29, 1.82) is 0 Å². The first kappa shape index (κ1) is 15.6. The molecule has 0 fully saturated rings. The largest absolute Gasteiger partial charge is 0.280 e. The molecule has 0 saturated heterocycles. The number of halogens is 3. The van der Waals surface area contributed by atoms with Crippen molar-refractivity contribution < 1.29 is 0 Å². The summed E-state index contributed by atoms with van der Waals surface area (Å²) in [4.78, 5) is 30.6. The van der Waals surface area contributed by atoms with Crippen LogP contribution in [0.1, 0.15) is 0 Å². The summed E-state index contributed by atoms with van der Waals surface area (Å²) in [5, 5.41) is 1.07. The maximum atomic E-state index is 11.5. The molecule has 0 aliphatic carbocycles. The highest BCUT2D eigenvalue weighted by Gasteiger charge is 2.13. The first-order valence-electron chi connectivity index (χ1n) is 4.89. The molecular formula is C12H7Cl3N2O2. The van der Waals surface area contributed by atoms with E-state index in [0.717, 1.165) is 0 Å². The first-order valence-corrected chi connectivity index (χ1v) is 5.26. The van der Waals surface area contributed by atoms with Crippen LogP contribution in [-0.2, 0) is 0 Å². The van der Waals surface area contributed by atoms with Gasteiger partial charge in [-0.2, -0.15) is 0 Å². The monoisotopic (exact) mass is 316 g/mol. The third-order valence-electron chi connectivity index (χ3n) is 2.57. The fourth-order valence-electron chi connectivity index (χ4n) is 1.82. The van der Waals surface area contributed by atoms with E-state index in [9.17, 15) is 9.59 Å². The Balaban J connectivity index is 0.000000902. The van der Waals surface area contributed by atoms with Crippen molar-refractivity contribution in [3.8, 4) is 11.3 Å². The zero-order valence-corrected chi connectivity index (χ0v) is 11.7. The Bertz CT molecular complexity index is 854. The maximum Gasteiger partial charge on any atom is 0.280 e. The van der Waals surface area contributed by atoms with E-state index in [1.54, 1.807) is 24.3 Å². The number of hydrogen-bond donors (Lipinski definition) is 0. The summed E-state index contributed by atoms with van der Waals surface area (Å²) in [6.07, 6.45) is 1.26. The molecule has 0 amide bonds. The zero-order valence-electron chi connectivity index (χ0n) is 9.29. The van der Waals surface area contributed by atoms with Crippen molar-refractivity contribution in [1.82, 2.24) is 9.97 Å². The van der Waals surface area contributed by atoms with Crippen molar-refractivity contribution in [2.24, 2.45) is 0 Å². The molecule has 1 aromatic carbocycles. The van der Waals surface area contributed by atoms with E-state index in [2.05, 4.69) is 9.97 Å². The van der Waals surface area contributed by atoms with Gasteiger partial charge in [-0.15, -0.1) is 24.8 Å². The van der Waals surface area contributed by atoms with Gasteiger partial charge in [-0.25, -0.2) is 9.97 Å². The van der Waals surface area contributed by atoms with Crippen LogP contribution in [0.15, 0.2) is 40.1 Å². The fourth-order valence-corrected chi connectivity index (χ4v) is 2.01. The molecule has 7 heteroatoms. The van der Waals surface area contributed by atoms with Gasteiger partial charge in [0.25, 0.3) is 11.1 Å². The predicted molar refractivity (Wildman–Crippen MR) is 77.2 cm³/mol. The van der Waals surface area contributed by atoms with E-state index in [-0.39, 0.29) is 35.3 Å². The zero-order chi connectivity index (χ0) is 12.0. The van der Waals surface area contributed by atoms with Crippen molar-refractivity contribution in [2.45, 2.75) is 0 Å². The Kier molecular flexibility index (Phi) is 4.63. The van der Waals surface area contributed by atoms with E-state index in [1.165, 1.54) is 6.20 Å². The third kappa shape index (κ3) is 2.47. The number of benzene rings is 1. The first-order chi connectivity index (χ1) is 8.16. The third-order valence-corrected chi connectivity index (χ3v) is 2.81. The summed E-state index contributed by atoms with van der Waals surface area (Å²) in [7, 11) is 0. The highest BCUT2D eigenvalue weighted by molar-refractivity contribution is 6.30. The minimum absolute atomic E-state index is 0. The lowest BCUT2D eigenvalue weighted by molar-refractivity contribution is 1.23. The van der Waals surface area contributed by atoms with Gasteiger partial charge in [0, 0.05) is 16.8 Å². The Morgan fingerprint density at radius 2 is 1.79 bits per heavy atom. The van der Waals surface area contributed by atoms with E-state index in [0.29, 0.717) is 16.3 Å². The molecule has 2 aliphatic heterocycles. The highest BCUT2D eigenvalue weighted by atomic mass is 35.5. The van der Waals surface area contributed by atoms with Crippen LogP contribution < -0.4 is 11.1 Å². The Labute approximate surface area is 124 Å². The molecule has 0 aromatic heterocycles. The van der Waals surface area contributed by atoms with E-state index in [1.807, 2.05) is 0 Å². The molecule has 4 nitrogen and oxygen atoms in total. The molecule has 1 aromatic rings. The second-order valence-corrected chi connectivity index (χ2v) is 4.06. The van der Waals surface area contributed by atoms with Gasteiger partial charge in [-0.1, -0.05) is 23.7 Å². The van der Waals surface area contributed by atoms with Crippen molar-refractivity contribution in [2.75, 3.05) is 0 Å². The van der Waals surface area contributed by atoms with Crippen molar-refractivity contribution in [3.63, 3.8) is 0 Å². The summed E-state index contributed by atoms with van der Waals surface area (Å²) in [5.74, 6) is 0. The van der Waals surface area contributed by atoms with Crippen molar-refractivity contribution >= 4 is 36.4 Å². The lowest BCUT2D eigenvalue weighted by atomic mass is 10.1. The van der Waals surface area contributed by atoms with Gasteiger partial charge in [0.05, 0.1) is 16.1 Å². The van der Waals surface area contributed by atoms with Crippen LogP contribution >= 0.6 is 36.4 Å². The normalized spacial score (nSPS) is 9.95. The summed E-state index contributed by atoms with van der Waals surface area (Å²) in [6.45, 7) is 0. The molecule has 0 radical (unpaired) electrons. The molecule has 2 heterocycles. The van der Waals surface area contributed by atoms with E-state index in [4.69, 9.17) is 11.6 Å². The summed E-state index contributed by atoms with van der Waals surface area (Å²) in [5.41, 5.74) is 0.152. The van der Waals surface area contributed by atoms with Crippen LogP contribution in [0.3, 0.4) is 0 Å². The van der Waals surface area contributed by atoms with Crippen LogP contribution in [0.25, 0.3) is 11.3 Å². The van der Waals surface area contributed by atoms with E-state index < -0.39 is 11.1 Å². The molecule has 3 rings (SSSR count). The Morgan fingerprint density at radius 3 is 2.47 bits per heavy atom. The van der Waals surface area contributed by atoms with E-state index >= 15 is 0 Å². The van der Waals surface area contributed by atoms with Gasteiger partial charge in [0.1, 0.15) is 0 Å². The summed E-state index contributed by atoms with van der Waals surface area (Å²) in [6, 6.07) is 6.86. The number of hydrogen-bond acceptors (Lipinski definition) is 4. The van der Waals surface area contributed by atoms with Gasteiger partial charge >= 0.3 is 0 Å². The average molecular weight is 318 g/mol. The quantitative estimate of drug-likeness (QED) is 0.688. The van der Waals surface area contributed by atoms with Crippen molar-refractivity contribution in [3.05, 3.63) is 66.6 Å². The molecule has 0 N–H and O–H groups in total. The molecule has 0 unspecified atom stereocenters. The summed E-state index contributed by atoms with van der Waals surface area (Å²) < 4.78 is 0. The highest BCUT2D eigenvalue weighted by Crippen LogP contribution is 2.20. The topological polar surface area (TPSA) is 59.9 Å². The standard InChI is InChI=1S/C12H5ClN2O2.2ClH/c13-7-3-1-2-6(4-7)10-9-8(11(16)15-10)5-14-12(9)17;;/h1-5H;2*1H. The molecule has 0 bridgehead atoms. The van der Waals surface area contributed by atoms with Crippen LogP contribution in [0, 0.1) is 10.4 Å². The number of aromatic nitrogens is 2. The molecule has 0 saturated carbocycles. The molecule has 0 spiro atoms. The van der Waals surface area contributed by atoms with Gasteiger partial charge in [0.2, 0.25) is 0 Å². The predicted octanol–water partition coefficient (Wildman–Crippen LogP) is 1.96. The van der Waals surface area contributed by atoms with Gasteiger partial charge in [-0.3, -0.25) is 9.59 Å². The van der Waals surface area contributed by atoms with Gasteiger partial charge in [-0.05, 0) is 12.1 Å². The molecule has 0 atom stereocenters. The smallest absolute Gasteiger partial charge is 0.267 e. The maximum absolute atomic E-state index is 11.5. The van der Waals surface area contributed by atoms with Crippen LogP contribution in [-0.4, -0.2) is 9.97 Å². The summed E-state index contributed by atoms with van der Waals surface area (Å²) >= 11 is 5.87. The molecular weight excluding hydrogens is 311 g/mol. The minimum atomic E-state index is -0.426. The minimum Gasteiger partial charge on any atom is -0.267 e. The number of nitrogens with zero attached hydrogens (tertiary/aromatic N) is 2. The molecule has 2 aliphatic rings. The number of rotatable bonds is 1. The van der Waals surface area contributed by atoms with Crippen LogP contribution in [0.2, 0.25) is 5.02 Å². The van der Waals surface area contributed by atoms with Gasteiger partial charge < -0.3 is 0 Å². The van der Waals surface area contributed by atoms with Crippen LogP contribution in [0.4, 0.5) is 0 Å². The SMILES string of the molecule is Cl.Cl.O=c1nc(-c2cccc(Cl)c2)c2c(=O)ncc1=2. The second-order valence-electron chi connectivity index (χ2n) is 3.63. The average Bonchev–Trinajstić information content (AvgIpc) is 2.82. The van der Waals surface area contributed by atoms with Crippen LogP contribution in [0.5, 0.6) is 0 Å². The Hall–Kier alpha value is -1.49. The second kappa shape index (κ2) is 5.65. The Morgan fingerprint density at radius 1 is 1.05 bits per heavy atom. The lowest BCUT2D eigenvalue weighted by Gasteiger charge is -1.96. The molecule has 19 heavy (non-hydrogen) atoms. The molecule has 98 valence electrons.